The van der Waals surface area contributed by atoms with Crippen LogP contribution in [0.25, 0.3) is 10.2 Å². The molecule has 1 aliphatic carbocycles. The number of para-hydroxylation sites is 1. The number of amides is 2. The first kappa shape index (κ1) is 17.6. The smallest absolute Gasteiger partial charge is 0.317 e. The van der Waals surface area contributed by atoms with Crippen LogP contribution in [-0.4, -0.2) is 41.2 Å². The van der Waals surface area contributed by atoms with E-state index in [1.54, 1.807) is 11.3 Å². The topological polar surface area (TPSA) is 54.5 Å². The zero-order valence-corrected chi connectivity index (χ0v) is 16.2. The number of rotatable bonds is 3. The Labute approximate surface area is 158 Å². The number of aromatic nitrogens is 1. The number of likely N-dealkylation sites (tertiary alicyclic amines) is 1. The van der Waals surface area contributed by atoms with Gasteiger partial charge in [0.2, 0.25) is 0 Å². The lowest BCUT2D eigenvalue weighted by molar-refractivity contribution is 0.109. The van der Waals surface area contributed by atoms with Gasteiger partial charge in [0, 0.05) is 32.0 Å². The molecule has 4 rings (SSSR count). The van der Waals surface area contributed by atoms with E-state index in [-0.39, 0.29) is 12.1 Å². The number of piperidine rings is 1. The quantitative estimate of drug-likeness (QED) is 0.862. The standard InChI is InChI=1S/C20H27N3O2S/c1-14-6-5-9-17-18(14)22-20(26-17)25-16-10-12-23(13-11-16)19(24)21-15-7-3-2-4-8-15/h5-6,9,15-16H,2-4,7-8,10-13H2,1H3,(H,21,24). The first-order valence-corrected chi connectivity index (χ1v) is 10.6. The number of urea groups is 1. The van der Waals surface area contributed by atoms with Crippen molar-refractivity contribution in [3.8, 4) is 5.19 Å². The van der Waals surface area contributed by atoms with Crippen LogP contribution in [0.5, 0.6) is 5.19 Å². The molecule has 0 atom stereocenters. The lowest BCUT2D eigenvalue weighted by Crippen LogP contribution is -2.49. The molecule has 2 fully saturated rings. The summed E-state index contributed by atoms with van der Waals surface area (Å²) < 4.78 is 7.29. The summed E-state index contributed by atoms with van der Waals surface area (Å²) in [5, 5.41) is 3.96. The molecule has 26 heavy (non-hydrogen) atoms. The van der Waals surface area contributed by atoms with Gasteiger partial charge in [-0.3, -0.25) is 0 Å². The number of fused-ring (bicyclic) bond motifs is 1. The lowest BCUT2D eigenvalue weighted by Gasteiger charge is -2.33. The third kappa shape index (κ3) is 3.95. The van der Waals surface area contributed by atoms with E-state index in [0.717, 1.165) is 49.5 Å². The Kier molecular flexibility index (Phi) is 5.29. The van der Waals surface area contributed by atoms with E-state index in [9.17, 15) is 4.79 Å². The van der Waals surface area contributed by atoms with Crippen LogP contribution in [0.15, 0.2) is 18.2 Å². The van der Waals surface area contributed by atoms with Crippen LogP contribution >= 0.6 is 11.3 Å². The number of nitrogens with one attached hydrogen (secondary N) is 1. The Morgan fingerprint density at radius 2 is 1.96 bits per heavy atom. The van der Waals surface area contributed by atoms with Crippen molar-refractivity contribution in [3.63, 3.8) is 0 Å². The number of nitrogens with zero attached hydrogens (tertiary/aromatic N) is 2. The number of ether oxygens (including phenoxy) is 1. The van der Waals surface area contributed by atoms with Gasteiger partial charge in [-0.15, -0.1) is 0 Å². The van der Waals surface area contributed by atoms with Crippen LogP contribution in [0, 0.1) is 6.92 Å². The highest BCUT2D eigenvalue weighted by molar-refractivity contribution is 7.20. The molecule has 2 amide bonds. The maximum Gasteiger partial charge on any atom is 0.317 e. The number of carbonyl (C=O) groups excluding carboxylic acids is 1. The van der Waals surface area contributed by atoms with E-state index in [1.807, 2.05) is 4.90 Å². The fourth-order valence-electron chi connectivity index (χ4n) is 3.95. The summed E-state index contributed by atoms with van der Waals surface area (Å²) in [5.41, 5.74) is 2.22. The number of carbonyl (C=O) groups is 1. The zero-order valence-electron chi connectivity index (χ0n) is 15.4. The lowest BCUT2D eigenvalue weighted by atomic mass is 9.96. The van der Waals surface area contributed by atoms with Gasteiger partial charge in [0.1, 0.15) is 6.10 Å². The van der Waals surface area contributed by atoms with Crippen LogP contribution in [0.3, 0.4) is 0 Å². The van der Waals surface area contributed by atoms with Crippen LogP contribution in [-0.2, 0) is 0 Å². The van der Waals surface area contributed by atoms with E-state index in [0.29, 0.717) is 6.04 Å². The van der Waals surface area contributed by atoms with Crippen molar-refractivity contribution in [3.05, 3.63) is 23.8 Å². The Bertz CT molecular complexity index is 762. The highest BCUT2D eigenvalue weighted by Crippen LogP contribution is 2.31. The van der Waals surface area contributed by atoms with Crippen molar-refractivity contribution in [2.24, 2.45) is 0 Å². The maximum absolute atomic E-state index is 12.4. The maximum atomic E-state index is 12.4. The van der Waals surface area contributed by atoms with Crippen molar-refractivity contribution in [1.82, 2.24) is 15.2 Å². The summed E-state index contributed by atoms with van der Waals surface area (Å²) in [6.07, 6.45) is 7.92. The molecule has 0 unspecified atom stereocenters. The molecule has 0 radical (unpaired) electrons. The molecule has 1 saturated carbocycles. The van der Waals surface area contributed by atoms with Gasteiger partial charge < -0.3 is 15.0 Å². The number of benzene rings is 1. The molecule has 2 aliphatic rings. The van der Waals surface area contributed by atoms with Crippen LogP contribution in [0.1, 0.15) is 50.5 Å². The monoisotopic (exact) mass is 373 g/mol. The first-order valence-electron chi connectivity index (χ1n) is 9.77. The fourth-order valence-corrected chi connectivity index (χ4v) is 4.91. The SMILES string of the molecule is Cc1cccc2sc(OC3CCN(C(=O)NC4CCCCC4)CC3)nc12. The molecule has 5 nitrogen and oxygen atoms in total. The zero-order chi connectivity index (χ0) is 17.9. The third-order valence-corrected chi connectivity index (χ3v) is 6.44. The summed E-state index contributed by atoms with van der Waals surface area (Å²) in [5.74, 6) is 0. The Hall–Kier alpha value is -1.82. The molecule has 1 aliphatic heterocycles. The van der Waals surface area contributed by atoms with E-state index in [4.69, 9.17) is 4.74 Å². The number of hydrogen-bond donors (Lipinski definition) is 1. The molecular weight excluding hydrogens is 346 g/mol. The van der Waals surface area contributed by atoms with Gasteiger partial charge in [0.15, 0.2) is 0 Å². The second-order valence-corrected chi connectivity index (χ2v) is 8.48. The largest absolute Gasteiger partial charge is 0.467 e. The second kappa shape index (κ2) is 7.82. The number of hydrogen-bond acceptors (Lipinski definition) is 4. The molecule has 1 saturated heterocycles. The first-order chi connectivity index (χ1) is 12.7. The van der Waals surface area contributed by atoms with Crippen LogP contribution < -0.4 is 10.1 Å². The van der Waals surface area contributed by atoms with Gasteiger partial charge in [-0.05, 0) is 31.4 Å². The minimum absolute atomic E-state index is 0.103. The molecule has 0 bridgehead atoms. The summed E-state index contributed by atoms with van der Waals surface area (Å²) in [7, 11) is 0. The van der Waals surface area contributed by atoms with Crippen molar-refractivity contribution < 1.29 is 9.53 Å². The molecule has 1 aromatic carbocycles. The van der Waals surface area contributed by atoms with Crippen molar-refractivity contribution >= 4 is 27.6 Å². The normalized spacial score (nSPS) is 19.7. The average Bonchev–Trinajstić information content (AvgIpc) is 3.07. The van der Waals surface area contributed by atoms with Gasteiger partial charge in [-0.1, -0.05) is 42.7 Å². The van der Waals surface area contributed by atoms with Crippen molar-refractivity contribution in [2.75, 3.05) is 13.1 Å². The number of aryl methyl sites for hydroxylation is 1. The summed E-state index contributed by atoms with van der Waals surface area (Å²) in [4.78, 5) is 19.0. The summed E-state index contributed by atoms with van der Waals surface area (Å²) >= 11 is 1.61. The molecular formula is C20H27N3O2S. The Balaban J connectivity index is 1.28. The fraction of sp³-hybridized carbons (Fsp3) is 0.600. The summed E-state index contributed by atoms with van der Waals surface area (Å²) in [6.45, 7) is 3.59. The van der Waals surface area contributed by atoms with Crippen molar-refractivity contribution in [2.45, 2.75) is 64.0 Å². The van der Waals surface area contributed by atoms with E-state index >= 15 is 0 Å². The van der Waals surface area contributed by atoms with E-state index in [1.165, 1.54) is 29.5 Å². The third-order valence-electron chi connectivity index (χ3n) is 5.53. The second-order valence-electron chi connectivity index (χ2n) is 7.49. The van der Waals surface area contributed by atoms with Crippen LogP contribution in [0.2, 0.25) is 0 Å². The minimum Gasteiger partial charge on any atom is -0.467 e. The molecule has 0 spiro atoms. The average molecular weight is 374 g/mol. The minimum atomic E-state index is 0.103. The number of thiazole rings is 1. The highest BCUT2D eigenvalue weighted by atomic mass is 32.1. The summed E-state index contributed by atoms with van der Waals surface area (Å²) in [6, 6.07) is 6.70. The van der Waals surface area contributed by atoms with Gasteiger partial charge in [-0.2, -0.15) is 0 Å². The van der Waals surface area contributed by atoms with Gasteiger partial charge in [0.25, 0.3) is 5.19 Å². The molecule has 1 aromatic heterocycles. The predicted molar refractivity (Wildman–Crippen MR) is 105 cm³/mol. The van der Waals surface area contributed by atoms with Gasteiger partial charge >= 0.3 is 6.03 Å². The molecule has 1 N–H and O–H groups in total. The van der Waals surface area contributed by atoms with Crippen LogP contribution in [0.4, 0.5) is 4.79 Å². The van der Waals surface area contributed by atoms with Gasteiger partial charge in [0.05, 0.1) is 10.2 Å². The predicted octanol–water partition coefficient (Wildman–Crippen LogP) is 4.49. The molecule has 6 heteroatoms. The highest BCUT2D eigenvalue weighted by Gasteiger charge is 2.26. The molecule has 2 aromatic rings. The molecule has 140 valence electrons. The Morgan fingerprint density at radius 1 is 1.19 bits per heavy atom. The van der Waals surface area contributed by atoms with Crippen molar-refractivity contribution in [1.29, 1.82) is 0 Å². The molecule has 2 heterocycles. The van der Waals surface area contributed by atoms with Gasteiger partial charge in [-0.25, -0.2) is 9.78 Å². The van der Waals surface area contributed by atoms with E-state index < -0.39 is 0 Å². The Morgan fingerprint density at radius 3 is 2.69 bits per heavy atom. The van der Waals surface area contributed by atoms with E-state index in [2.05, 4.69) is 35.4 Å².